The first-order valence-corrected chi connectivity index (χ1v) is 4.50. The molecule has 3 nitrogen and oxygen atoms in total. The van der Waals surface area contributed by atoms with E-state index in [0.29, 0.717) is 6.42 Å². The second-order valence-electron chi connectivity index (χ2n) is 3.15. The van der Waals surface area contributed by atoms with Gasteiger partial charge in [0.25, 0.3) is 0 Å². The van der Waals surface area contributed by atoms with E-state index in [2.05, 4.69) is 13.0 Å². The Hall–Kier alpha value is -1.25. The molecule has 0 fully saturated rings. The van der Waals surface area contributed by atoms with E-state index >= 15 is 0 Å². The number of hydrogen-bond donors (Lipinski definition) is 1. The number of hydrogen-bond acceptors (Lipinski definition) is 1. The molecule has 0 unspecified atom stereocenters. The van der Waals surface area contributed by atoms with Crippen molar-refractivity contribution in [2.45, 2.75) is 26.2 Å². The van der Waals surface area contributed by atoms with Gasteiger partial charge in [-0.2, -0.15) is 0 Å². The van der Waals surface area contributed by atoms with Crippen LogP contribution in [-0.2, 0) is 24.7 Å². The van der Waals surface area contributed by atoms with Gasteiger partial charge in [-0.25, -0.2) is 0 Å². The van der Waals surface area contributed by atoms with Gasteiger partial charge in [0.05, 0.1) is 6.42 Å². The molecule has 0 atom stereocenters. The van der Waals surface area contributed by atoms with E-state index < -0.39 is 5.97 Å². The molecule has 0 saturated heterocycles. The number of aryl methyl sites for hydroxylation is 2. The molecule has 1 aromatic heterocycles. The third-order valence-electron chi connectivity index (χ3n) is 2.25. The van der Waals surface area contributed by atoms with Crippen LogP contribution in [0, 0.1) is 0 Å². The number of aliphatic carboxylic acids is 1. The van der Waals surface area contributed by atoms with E-state index in [0.717, 1.165) is 12.1 Å². The predicted octanol–water partition coefficient (Wildman–Crippen LogP) is 1.60. The van der Waals surface area contributed by atoms with Crippen molar-refractivity contribution in [3.8, 4) is 0 Å². The fourth-order valence-electron chi connectivity index (χ4n) is 1.50. The Kier molecular flexibility index (Phi) is 3.12. The third-order valence-corrected chi connectivity index (χ3v) is 2.25. The van der Waals surface area contributed by atoms with Crippen molar-refractivity contribution < 1.29 is 9.90 Å². The lowest BCUT2D eigenvalue weighted by Gasteiger charge is -2.04. The molecule has 0 aliphatic heterocycles. The van der Waals surface area contributed by atoms with Gasteiger partial charge < -0.3 is 9.67 Å². The number of carboxylic acids is 1. The number of nitrogens with zero attached hydrogens (tertiary/aromatic N) is 1. The minimum absolute atomic E-state index is 0.213. The van der Waals surface area contributed by atoms with Gasteiger partial charge in [0.15, 0.2) is 0 Å². The van der Waals surface area contributed by atoms with Gasteiger partial charge in [0.1, 0.15) is 0 Å². The van der Waals surface area contributed by atoms with Gasteiger partial charge in [-0.3, -0.25) is 4.79 Å². The molecule has 0 amide bonds. The first kappa shape index (κ1) is 9.84. The maximum Gasteiger partial charge on any atom is 0.303 e. The molecule has 1 aromatic rings. The molecule has 0 bridgehead atoms. The number of carbonyl (C=O) groups is 1. The van der Waals surface area contributed by atoms with Crippen molar-refractivity contribution in [2.24, 2.45) is 7.05 Å². The van der Waals surface area contributed by atoms with Crippen LogP contribution < -0.4 is 0 Å². The molecule has 3 heteroatoms. The highest BCUT2D eigenvalue weighted by atomic mass is 16.4. The SMILES string of the molecule is CCc1ccn(C)c1CCC(=O)O. The fraction of sp³-hybridized carbons (Fsp3) is 0.500. The molecular weight excluding hydrogens is 166 g/mol. The quantitative estimate of drug-likeness (QED) is 0.766. The van der Waals surface area contributed by atoms with Crippen LogP contribution in [0.4, 0.5) is 0 Å². The van der Waals surface area contributed by atoms with Crippen LogP contribution in [0.25, 0.3) is 0 Å². The summed E-state index contributed by atoms with van der Waals surface area (Å²) in [7, 11) is 1.95. The van der Waals surface area contributed by atoms with E-state index in [1.54, 1.807) is 0 Å². The smallest absolute Gasteiger partial charge is 0.303 e. The maximum atomic E-state index is 10.4. The number of rotatable bonds is 4. The lowest BCUT2D eigenvalue weighted by molar-refractivity contribution is -0.136. The Bertz CT molecular complexity index is 302. The van der Waals surface area contributed by atoms with Crippen molar-refractivity contribution in [1.82, 2.24) is 4.57 Å². The highest BCUT2D eigenvalue weighted by Gasteiger charge is 2.06. The Morgan fingerprint density at radius 1 is 1.62 bits per heavy atom. The molecule has 0 radical (unpaired) electrons. The molecule has 1 rings (SSSR count). The van der Waals surface area contributed by atoms with Crippen LogP contribution in [0.5, 0.6) is 0 Å². The molecule has 0 spiro atoms. The van der Waals surface area contributed by atoms with Crippen molar-refractivity contribution in [3.63, 3.8) is 0 Å². The number of carboxylic acid groups (broad SMARTS) is 1. The van der Waals surface area contributed by atoms with Crippen LogP contribution in [0.1, 0.15) is 24.6 Å². The Labute approximate surface area is 78.0 Å². The molecule has 0 aromatic carbocycles. The van der Waals surface area contributed by atoms with Crippen LogP contribution in [-0.4, -0.2) is 15.6 Å². The second kappa shape index (κ2) is 4.12. The molecule has 1 heterocycles. The topological polar surface area (TPSA) is 42.2 Å². The number of aromatic nitrogens is 1. The highest BCUT2D eigenvalue weighted by Crippen LogP contribution is 2.12. The Morgan fingerprint density at radius 3 is 2.85 bits per heavy atom. The molecule has 0 saturated carbocycles. The summed E-state index contributed by atoms with van der Waals surface area (Å²) < 4.78 is 2.00. The zero-order chi connectivity index (χ0) is 9.84. The molecular formula is C10H15NO2. The van der Waals surface area contributed by atoms with Gasteiger partial charge in [-0.1, -0.05) is 6.92 Å². The van der Waals surface area contributed by atoms with Crippen molar-refractivity contribution in [2.75, 3.05) is 0 Å². The highest BCUT2D eigenvalue weighted by molar-refractivity contribution is 5.67. The van der Waals surface area contributed by atoms with E-state index in [9.17, 15) is 4.79 Å². The average molecular weight is 181 g/mol. The molecule has 1 N–H and O–H groups in total. The fourth-order valence-corrected chi connectivity index (χ4v) is 1.50. The summed E-state index contributed by atoms with van der Waals surface area (Å²) in [5.74, 6) is -0.733. The second-order valence-corrected chi connectivity index (χ2v) is 3.15. The zero-order valence-electron chi connectivity index (χ0n) is 8.08. The van der Waals surface area contributed by atoms with Crippen molar-refractivity contribution >= 4 is 5.97 Å². The molecule has 72 valence electrons. The summed E-state index contributed by atoms with van der Waals surface area (Å²) >= 11 is 0. The lowest BCUT2D eigenvalue weighted by Crippen LogP contribution is -2.03. The van der Waals surface area contributed by atoms with E-state index in [1.165, 1.54) is 5.56 Å². The van der Waals surface area contributed by atoms with Gasteiger partial charge in [-0.15, -0.1) is 0 Å². The molecule has 13 heavy (non-hydrogen) atoms. The van der Waals surface area contributed by atoms with E-state index in [1.807, 2.05) is 17.8 Å². The normalized spacial score (nSPS) is 10.3. The first-order valence-electron chi connectivity index (χ1n) is 4.50. The van der Waals surface area contributed by atoms with Gasteiger partial charge in [0, 0.05) is 18.9 Å². The summed E-state index contributed by atoms with van der Waals surface area (Å²) in [6.45, 7) is 2.08. The predicted molar refractivity (Wildman–Crippen MR) is 50.7 cm³/mol. The van der Waals surface area contributed by atoms with Crippen LogP contribution in [0.15, 0.2) is 12.3 Å². The Morgan fingerprint density at radius 2 is 2.31 bits per heavy atom. The lowest BCUT2D eigenvalue weighted by atomic mass is 10.1. The van der Waals surface area contributed by atoms with E-state index in [-0.39, 0.29) is 6.42 Å². The summed E-state index contributed by atoms with van der Waals surface area (Å²) in [5.41, 5.74) is 2.40. The third kappa shape index (κ3) is 2.34. The minimum Gasteiger partial charge on any atom is -0.481 e. The maximum absolute atomic E-state index is 10.4. The monoisotopic (exact) mass is 181 g/mol. The standard InChI is InChI=1S/C10H15NO2/c1-3-8-6-7-11(2)9(8)4-5-10(12)13/h6-7H,3-5H2,1-2H3,(H,12,13). The summed E-state index contributed by atoms with van der Waals surface area (Å²) in [6, 6.07) is 2.05. The Balaban J connectivity index is 2.73. The van der Waals surface area contributed by atoms with Crippen LogP contribution in [0.3, 0.4) is 0 Å². The minimum atomic E-state index is -0.733. The summed E-state index contributed by atoms with van der Waals surface area (Å²) in [5, 5.41) is 8.56. The first-order chi connectivity index (χ1) is 6.15. The van der Waals surface area contributed by atoms with Gasteiger partial charge in [0.2, 0.25) is 0 Å². The summed E-state index contributed by atoms with van der Waals surface area (Å²) in [4.78, 5) is 10.4. The van der Waals surface area contributed by atoms with Gasteiger partial charge in [-0.05, 0) is 24.5 Å². The average Bonchev–Trinajstić information content (AvgIpc) is 2.43. The van der Waals surface area contributed by atoms with Gasteiger partial charge >= 0.3 is 5.97 Å². The zero-order valence-corrected chi connectivity index (χ0v) is 8.08. The van der Waals surface area contributed by atoms with Crippen molar-refractivity contribution in [3.05, 3.63) is 23.5 Å². The molecule has 0 aliphatic carbocycles. The van der Waals surface area contributed by atoms with Crippen molar-refractivity contribution in [1.29, 1.82) is 0 Å². The summed E-state index contributed by atoms with van der Waals surface area (Å²) in [6.07, 6.45) is 3.79. The van der Waals surface area contributed by atoms with Crippen LogP contribution >= 0.6 is 0 Å². The van der Waals surface area contributed by atoms with E-state index in [4.69, 9.17) is 5.11 Å². The van der Waals surface area contributed by atoms with Crippen LogP contribution in [0.2, 0.25) is 0 Å². The molecule has 0 aliphatic rings. The largest absolute Gasteiger partial charge is 0.481 e.